The van der Waals surface area contributed by atoms with E-state index in [-0.39, 0.29) is 11.7 Å². The van der Waals surface area contributed by atoms with Crippen molar-refractivity contribution in [3.63, 3.8) is 0 Å². The van der Waals surface area contributed by atoms with Crippen LogP contribution in [-0.2, 0) is 4.84 Å². The van der Waals surface area contributed by atoms with Gasteiger partial charge in [0.05, 0.1) is 18.1 Å². The lowest BCUT2D eigenvalue weighted by Gasteiger charge is -2.30. The van der Waals surface area contributed by atoms with Crippen LogP contribution in [0.3, 0.4) is 0 Å². The molecular weight excluding hydrogens is 230 g/mol. The first-order valence-corrected chi connectivity index (χ1v) is 6.28. The molecule has 3 rings (SSSR count). The van der Waals surface area contributed by atoms with Gasteiger partial charge in [0.25, 0.3) is 0 Å². The van der Waals surface area contributed by atoms with Gasteiger partial charge in [0.1, 0.15) is 0 Å². The highest BCUT2D eigenvalue weighted by molar-refractivity contribution is 5.75. The second-order valence-electron chi connectivity index (χ2n) is 4.66. The monoisotopic (exact) mass is 247 g/mol. The topological polar surface area (TPSA) is 50.3 Å². The van der Waals surface area contributed by atoms with E-state index in [1.807, 2.05) is 33.9 Å². The Morgan fingerprint density at radius 3 is 2.72 bits per heavy atom. The van der Waals surface area contributed by atoms with Gasteiger partial charge < -0.3 is 9.82 Å². The summed E-state index contributed by atoms with van der Waals surface area (Å²) in [5, 5.41) is 1.94. The average molecular weight is 247 g/mol. The zero-order chi connectivity index (χ0) is 12.5. The summed E-state index contributed by atoms with van der Waals surface area (Å²) in [6.07, 6.45) is 1.88. The van der Waals surface area contributed by atoms with Gasteiger partial charge in [-0.05, 0) is 25.0 Å². The summed E-state index contributed by atoms with van der Waals surface area (Å²) in [5.74, 6) is 0. The molecule has 0 atom stereocenters. The van der Waals surface area contributed by atoms with Crippen molar-refractivity contribution in [3.8, 4) is 0 Å². The van der Waals surface area contributed by atoms with Crippen LogP contribution in [0.2, 0.25) is 0 Å². The molecule has 0 bridgehead atoms. The molecule has 1 saturated heterocycles. The van der Waals surface area contributed by atoms with Crippen molar-refractivity contribution in [2.75, 3.05) is 20.2 Å². The number of benzene rings is 1. The van der Waals surface area contributed by atoms with Crippen LogP contribution in [0.4, 0.5) is 0 Å². The van der Waals surface area contributed by atoms with Crippen LogP contribution in [0.25, 0.3) is 11.0 Å². The van der Waals surface area contributed by atoms with E-state index in [0.717, 1.165) is 37.0 Å². The summed E-state index contributed by atoms with van der Waals surface area (Å²) < 4.78 is 1.89. The van der Waals surface area contributed by atoms with Crippen molar-refractivity contribution in [3.05, 3.63) is 34.7 Å². The van der Waals surface area contributed by atoms with Crippen molar-refractivity contribution in [2.45, 2.75) is 18.9 Å². The molecular formula is C13H17N3O2. The first-order valence-electron chi connectivity index (χ1n) is 6.28. The fourth-order valence-electron chi connectivity index (χ4n) is 2.72. The van der Waals surface area contributed by atoms with Gasteiger partial charge in [-0.15, -0.1) is 0 Å². The largest absolute Gasteiger partial charge is 0.326 e. The van der Waals surface area contributed by atoms with Crippen molar-refractivity contribution < 1.29 is 4.84 Å². The number of nitrogens with zero attached hydrogens (tertiary/aromatic N) is 2. The standard InChI is InChI=1S/C13H17N3O2/c1-18-15-8-6-10(7-9-15)16-12-5-3-2-4-11(12)14-13(16)17/h2-5,10H,6-9H2,1H3,(H,14,17). The number of para-hydroxylation sites is 2. The molecule has 5 heteroatoms. The number of hydrogen-bond acceptors (Lipinski definition) is 3. The minimum atomic E-state index is -0.00735. The van der Waals surface area contributed by atoms with Gasteiger partial charge in [0.15, 0.2) is 0 Å². The van der Waals surface area contributed by atoms with E-state index in [9.17, 15) is 4.79 Å². The van der Waals surface area contributed by atoms with E-state index in [2.05, 4.69) is 4.98 Å². The van der Waals surface area contributed by atoms with E-state index >= 15 is 0 Å². The number of aromatic amines is 1. The number of imidazole rings is 1. The predicted molar refractivity (Wildman–Crippen MR) is 69.4 cm³/mol. The van der Waals surface area contributed by atoms with Crippen molar-refractivity contribution >= 4 is 11.0 Å². The maximum atomic E-state index is 12.1. The molecule has 18 heavy (non-hydrogen) atoms. The number of H-pyrrole nitrogens is 1. The molecule has 0 radical (unpaired) electrons. The molecule has 2 aromatic rings. The number of hydrogen-bond donors (Lipinski definition) is 1. The molecule has 0 saturated carbocycles. The summed E-state index contributed by atoms with van der Waals surface area (Å²) in [5.41, 5.74) is 1.90. The predicted octanol–water partition coefficient (Wildman–Crippen LogP) is 1.53. The zero-order valence-electron chi connectivity index (χ0n) is 10.4. The third-order valence-electron chi connectivity index (χ3n) is 3.67. The summed E-state index contributed by atoms with van der Waals surface area (Å²) in [6.45, 7) is 1.74. The molecule has 0 spiro atoms. The highest BCUT2D eigenvalue weighted by atomic mass is 16.7. The number of hydroxylamine groups is 2. The first-order chi connectivity index (χ1) is 8.79. The van der Waals surface area contributed by atoms with Crippen molar-refractivity contribution in [1.29, 1.82) is 0 Å². The molecule has 0 unspecified atom stereocenters. The number of rotatable bonds is 2. The number of aromatic nitrogens is 2. The SMILES string of the molecule is CON1CCC(n2c(=O)[nH]c3ccccc32)CC1. The van der Waals surface area contributed by atoms with E-state index in [0.29, 0.717) is 0 Å². The summed E-state index contributed by atoms with van der Waals surface area (Å²) >= 11 is 0. The third kappa shape index (κ3) is 1.85. The lowest BCUT2D eigenvalue weighted by Crippen LogP contribution is -2.36. The number of fused-ring (bicyclic) bond motifs is 1. The van der Waals surface area contributed by atoms with Gasteiger partial charge in [0.2, 0.25) is 0 Å². The molecule has 1 N–H and O–H groups in total. The molecule has 1 aromatic carbocycles. The number of nitrogens with one attached hydrogen (secondary N) is 1. The van der Waals surface area contributed by atoms with Crippen LogP contribution in [0.15, 0.2) is 29.1 Å². The Balaban J connectivity index is 1.95. The van der Waals surface area contributed by atoms with Crippen molar-refractivity contribution in [2.24, 2.45) is 0 Å². The Bertz CT molecular complexity index is 594. The van der Waals surface area contributed by atoms with Crippen molar-refractivity contribution in [1.82, 2.24) is 14.6 Å². The van der Waals surface area contributed by atoms with E-state index in [1.54, 1.807) is 7.11 Å². The lowest BCUT2D eigenvalue weighted by atomic mass is 10.1. The van der Waals surface area contributed by atoms with Gasteiger partial charge in [0, 0.05) is 19.1 Å². The van der Waals surface area contributed by atoms with Gasteiger partial charge in [-0.1, -0.05) is 12.1 Å². The second kappa shape index (κ2) is 4.59. The molecule has 1 aliphatic heterocycles. The summed E-state index contributed by atoms with van der Waals surface area (Å²) in [6, 6.07) is 8.11. The molecule has 1 aliphatic rings. The quantitative estimate of drug-likeness (QED) is 0.875. The van der Waals surface area contributed by atoms with Crippen LogP contribution in [0, 0.1) is 0 Å². The third-order valence-corrected chi connectivity index (χ3v) is 3.67. The highest BCUT2D eigenvalue weighted by Gasteiger charge is 2.23. The van der Waals surface area contributed by atoms with E-state index in [1.165, 1.54) is 0 Å². The Hall–Kier alpha value is -1.59. The molecule has 0 amide bonds. The van der Waals surface area contributed by atoms with Gasteiger partial charge in [-0.3, -0.25) is 4.57 Å². The van der Waals surface area contributed by atoms with Crippen LogP contribution in [-0.4, -0.2) is 34.8 Å². The van der Waals surface area contributed by atoms with Gasteiger partial charge in [-0.25, -0.2) is 4.79 Å². The molecule has 0 aliphatic carbocycles. The van der Waals surface area contributed by atoms with E-state index < -0.39 is 0 Å². The Morgan fingerprint density at radius 1 is 1.28 bits per heavy atom. The zero-order valence-corrected chi connectivity index (χ0v) is 10.4. The normalized spacial score (nSPS) is 18.5. The minimum Gasteiger partial charge on any atom is -0.306 e. The molecule has 2 heterocycles. The Kier molecular flexibility index (Phi) is 2.93. The summed E-state index contributed by atoms with van der Waals surface area (Å²) in [4.78, 5) is 20.2. The molecule has 96 valence electrons. The average Bonchev–Trinajstić information content (AvgIpc) is 2.75. The summed E-state index contributed by atoms with van der Waals surface area (Å²) in [7, 11) is 1.69. The van der Waals surface area contributed by atoms with Gasteiger partial charge >= 0.3 is 5.69 Å². The van der Waals surface area contributed by atoms with Gasteiger partial charge in [-0.2, -0.15) is 5.06 Å². The first kappa shape index (κ1) is 11.5. The molecule has 5 nitrogen and oxygen atoms in total. The fraction of sp³-hybridized carbons (Fsp3) is 0.462. The minimum absolute atomic E-state index is 0.00735. The van der Waals surface area contributed by atoms with Crippen LogP contribution in [0.1, 0.15) is 18.9 Å². The maximum absolute atomic E-state index is 12.1. The smallest absolute Gasteiger partial charge is 0.306 e. The number of piperidine rings is 1. The van der Waals surface area contributed by atoms with Crippen LogP contribution < -0.4 is 5.69 Å². The molecule has 1 aromatic heterocycles. The molecule has 1 fully saturated rings. The Morgan fingerprint density at radius 2 is 2.00 bits per heavy atom. The second-order valence-corrected chi connectivity index (χ2v) is 4.66. The van der Waals surface area contributed by atoms with E-state index in [4.69, 9.17) is 4.84 Å². The lowest BCUT2D eigenvalue weighted by molar-refractivity contribution is -0.146. The Labute approximate surface area is 105 Å². The van der Waals surface area contributed by atoms with Crippen LogP contribution in [0.5, 0.6) is 0 Å². The van der Waals surface area contributed by atoms with Crippen LogP contribution >= 0.6 is 0 Å². The highest BCUT2D eigenvalue weighted by Crippen LogP contribution is 2.24. The maximum Gasteiger partial charge on any atom is 0.326 e. The fourth-order valence-corrected chi connectivity index (χ4v) is 2.72.